The number of guanidine groups is 1. The Bertz CT molecular complexity index is 591. The van der Waals surface area contributed by atoms with Crippen molar-refractivity contribution in [2.45, 2.75) is 17.7 Å². The van der Waals surface area contributed by atoms with E-state index in [4.69, 9.17) is 10.5 Å². The van der Waals surface area contributed by atoms with Crippen LogP contribution in [0.1, 0.15) is 11.8 Å². The highest BCUT2D eigenvalue weighted by atomic mass is 32.2. The van der Waals surface area contributed by atoms with Crippen LogP contribution in [0.15, 0.2) is 21.3 Å². The van der Waals surface area contributed by atoms with Crippen molar-refractivity contribution in [3.63, 3.8) is 0 Å². The number of hydrogen-bond acceptors (Lipinski definition) is 5. The summed E-state index contributed by atoms with van der Waals surface area (Å²) < 4.78 is 31.9. The molecular weight excluding hydrogens is 312 g/mol. The van der Waals surface area contributed by atoms with Gasteiger partial charge in [0.15, 0.2) is 5.96 Å². The van der Waals surface area contributed by atoms with Crippen LogP contribution in [0.4, 0.5) is 0 Å². The SMILES string of the molecule is CCNC(N)=NCc1ccc(S(=O)(=O)N2CCOCC2)s1. The van der Waals surface area contributed by atoms with E-state index in [0.29, 0.717) is 49.6 Å². The summed E-state index contributed by atoms with van der Waals surface area (Å²) in [7, 11) is -3.41. The van der Waals surface area contributed by atoms with Gasteiger partial charge in [0, 0.05) is 24.5 Å². The molecule has 118 valence electrons. The Kier molecular flexibility index (Phi) is 5.57. The molecule has 0 radical (unpaired) electrons. The lowest BCUT2D eigenvalue weighted by molar-refractivity contribution is 0.0731. The second kappa shape index (κ2) is 7.21. The van der Waals surface area contributed by atoms with E-state index in [2.05, 4.69) is 10.3 Å². The normalized spacial score (nSPS) is 17.9. The molecule has 2 rings (SSSR count). The number of nitrogens with one attached hydrogen (secondary N) is 1. The second-order valence-electron chi connectivity index (χ2n) is 4.47. The summed E-state index contributed by atoms with van der Waals surface area (Å²) in [4.78, 5) is 5.02. The van der Waals surface area contributed by atoms with Crippen molar-refractivity contribution in [1.82, 2.24) is 9.62 Å². The first-order chi connectivity index (χ1) is 10.0. The van der Waals surface area contributed by atoms with Crippen molar-refractivity contribution < 1.29 is 13.2 Å². The van der Waals surface area contributed by atoms with Crippen LogP contribution in [-0.4, -0.2) is 51.5 Å². The molecule has 2 heterocycles. The Labute approximate surface area is 128 Å². The van der Waals surface area contributed by atoms with Crippen molar-refractivity contribution in [3.8, 4) is 0 Å². The maximum atomic E-state index is 12.4. The first-order valence-electron chi connectivity index (χ1n) is 6.74. The van der Waals surface area contributed by atoms with E-state index in [-0.39, 0.29) is 0 Å². The molecule has 0 bridgehead atoms. The van der Waals surface area contributed by atoms with E-state index in [9.17, 15) is 8.42 Å². The van der Waals surface area contributed by atoms with Gasteiger partial charge < -0.3 is 15.8 Å². The number of nitrogens with two attached hydrogens (primary N) is 1. The zero-order valence-corrected chi connectivity index (χ0v) is 13.5. The van der Waals surface area contributed by atoms with Gasteiger partial charge >= 0.3 is 0 Å². The lowest BCUT2D eigenvalue weighted by Crippen LogP contribution is -2.40. The van der Waals surface area contributed by atoms with Gasteiger partial charge in [0.2, 0.25) is 0 Å². The average molecular weight is 332 g/mol. The third-order valence-corrected chi connectivity index (χ3v) is 6.40. The van der Waals surface area contributed by atoms with Crippen molar-refractivity contribution >= 4 is 27.3 Å². The van der Waals surface area contributed by atoms with E-state index in [0.717, 1.165) is 4.88 Å². The van der Waals surface area contributed by atoms with Crippen LogP contribution in [0.2, 0.25) is 0 Å². The highest BCUT2D eigenvalue weighted by molar-refractivity contribution is 7.91. The molecule has 1 saturated heterocycles. The van der Waals surface area contributed by atoms with E-state index < -0.39 is 10.0 Å². The predicted octanol–water partition coefficient (Wildman–Crippen LogP) is 0.193. The Balaban J connectivity index is 2.06. The van der Waals surface area contributed by atoms with Crippen LogP contribution >= 0.6 is 11.3 Å². The van der Waals surface area contributed by atoms with E-state index in [1.54, 1.807) is 12.1 Å². The standard InChI is InChI=1S/C12H20N4O3S2/c1-2-14-12(13)15-9-10-3-4-11(20-10)21(17,18)16-5-7-19-8-6-16/h3-4H,2,5-9H2,1H3,(H3,13,14,15). The first kappa shape index (κ1) is 16.2. The first-order valence-corrected chi connectivity index (χ1v) is 9.00. The van der Waals surface area contributed by atoms with Crippen molar-refractivity contribution in [2.24, 2.45) is 10.7 Å². The topological polar surface area (TPSA) is 97.0 Å². The summed E-state index contributed by atoms with van der Waals surface area (Å²) in [6, 6.07) is 3.41. The molecule has 0 aromatic carbocycles. The molecule has 1 fully saturated rings. The molecule has 1 aromatic rings. The monoisotopic (exact) mass is 332 g/mol. The zero-order chi connectivity index (χ0) is 15.3. The van der Waals surface area contributed by atoms with Crippen LogP contribution < -0.4 is 11.1 Å². The van der Waals surface area contributed by atoms with Crippen molar-refractivity contribution in [3.05, 3.63) is 17.0 Å². The van der Waals surface area contributed by atoms with E-state index in [1.807, 2.05) is 6.92 Å². The van der Waals surface area contributed by atoms with E-state index >= 15 is 0 Å². The number of hydrogen-bond donors (Lipinski definition) is 2. The van der Waals surface area contributed by atoms with Gasteiger partial charge in [0.1, 0.15) is 4.21 Å². The van der Waals surface area contributed by atoms with Gasteiger partial charge in [-0.1, -0.05) is 0 Å². The van der Waals surface area contributed by atoms with E-state index in [1.165, 1.54) is 15.6 Å². The highest BCUT2D eigenvalue weighted by Crippen LogP contribution is 2.25. The number of thiophene rings is 1. The lowest BCUT2D eigenvalue weighted by atomic mass is 10.5. The van der Waals surface area contributed by atoms with Gasteiger partial charge in [0.05, 0.1) is 19.8 Å². The molecule has 0 unspecified atom stereocenters. The van der Waals surface area contributed by atoms with Crippen LogP contribution in [0.3, 0.4) is 0 Å². The molecule has 9 heteroatoms. The maximum absolute atomic E-state index is 12.4. The highest BCUT2D eigenvalue weighted by Gasteiger charge is 2.27. The smallest absolute Gasteiger partial charge is 0.252 e. The summed E-state index contributed by atoms with van der Waals surface area (Å²) in [5.41, 5.74) is 5.64. The lowest BCUT2D eigenvalue weighted by Gasteiger charge is -2.25. The Morgan fingerprint density at radius 1 is 1.48 bits per heavy atom. The number of ether oxygens (including phenoxy) is 1. The summed E-state index contributed by atoms with van der Waals surface area (Å²) in [6.07, 6.45) is 0. The summed E-state index contributed by atoms with van der Waals surface area (Å²) in [6.45, 7) is 4.71. The van der Waals surface area contributed by atoms with Crippen LogP contribution in [0, 0.1) is 0 Å². The Morgan fingerprint density at radius 3 is 2.86 bits per heavy atom. The molecule has 7 nitrogen and oxygen atoms in total. The molecule has 1 aromatic heterocycles. The second-order valence-corrected chi connectivity index (χ2v) is 7.80. The van der Waals surface area contributed by atoms with Gasteiger partial charge in [-0.25, -0.2) is 13.4 Å². The third-order valence-electron chi connectivity index (χ3n) is 2.96. The van der Waals surface area contributed by atoms with Gasteiger partial charge in [-0.3, -0.25) is 0 Å². The van der Waals surface area contributed by atoms with Gasteiger partial charge in [-0.2, -0.15) is 4.31 Å². The molecule has 0 amide bonds. The Morgan fingerprint density at radius 2 is 2.19 bits per heavy atom. The number of rotatable bonds is 5. The van der Waals surface area contributed by atoms with Crippen LogP contribution in [0.25, 0.3) is 0 Å². The molecule has 0 spiro atoms. The van der Waals surface area contributed by atoms with Crippen molar-refractivity contribution in [1.29, 1.82) is 0 Å². The van der Waals surface area contributed by atoms with Gasteiger partial charge in [0.25, 0.3) is 10.0 Å². The van der Waals surface area contributed by atoms with Crippen LogP contribution in [0.5, 0.6) is 0 Å². The quantitative estimate of drug-likeness (QED) is 0.593. The largest absolute Gasteiger partial charge is 0.379 e. The fourth-order valence-electron chi connectivity index (χ4n) is 1.90. The molecule has 21 heavy (non-hydrogen) atoms. The molecular formula is C12H20N4O3S2. The average Bonchev–Trinajstić information content (AvgIpc) is 2.96. The zero-order valence-electron chi connectivity index (χ0n) is 11.9. The van der Waals surface area contributed by atoms with Crippen molar-refractivity contribution in [2.75, 3.05) is 32.8 Å². The van der Waals surface area contributed by atoms with Crippen LogP contribution in [-0.2, 0) is 21.3 Å². The molecule has 0 aliphatic carbocycles. The summed E-state index contributed by atoms with van der Waals surface area (Å²) in [5, 5.41) is 2.90. The molecule has 0 saturated carbocycles. The third kappa shape index (κ3) is 4.16. The number of nitrogens with zero attached hydrogens (tertiary/aromatic N) is 2. The minimum atomic E-state index is -3.41. The predicted molar refractivity (Wildman–Crippen MR) is 82.9 cm³/mol. The van der Waals surface area contributed by atoms with Gasteiger partial charge in [-0.05, 0) is 19.1 Å². The number of sulfonamides is 1. The summed E-state index contributed by atoms with van der Waals surface area (Å²) >= 11 is 1.23. The fraction of sp³-hybridized carbons (Fsp3) is 0.583. The molecule has 3 N–H and O–H groups in total. The minimum absolute atomic E-state index is 0.344. The minimum Gasteiger partial charge on any atom is -0.379 e. The fourth-order valence-corrected chi connectivity index (χ4v) is 4.74. The Hall–Kier alpha value is -1.16. The van der Waals surface area contributed by atoms with Gasteiger partial charge in [-0.15, -0.1) is 11.3 Å². The molecule has 0 atom stereocenters. The number of aliphatic imine (C=N–C) groups is 1. The number of morpholine rings is 1. The summed E-state index contributed by atoms with van der Waals surface area (Å²) in [5.74, 6) is 0.364. The molecule has 1 aliphatic heterocycles. The molecule has 1 aliphatic rings. The maximum Gasteiger partial charge on any atom is 0.252 e.